The summed E-state index contributed by atoms with van der Waals surface area (Å²) in [5.74, 6) is 0.197. The molecule has 0 bridgehead atoms. The number of esters is 1. The minimum atomic E-state index is -0.243. The second-order valence-electron chi connectivity index (χ2n) is 2.06. The third kappa shape index (κ3) is 7.46. The van der Waals surface area contributed by atoms with Gasteiger partial charge in [0.15, 0.2) is 0 Å². The Bertz CT molecular complexity index is 132. The van der Waals surface area contributed by atoms with E-state index in [1.807, 2.05) is 12.3 Å². The minimum Gasteiger partial charge on any atom is -0.451 e. The second-order valence-corrected chi connectivity index (χ2v) is 2.87. The lowest BCUT2D eigenvalue weighted by Gasteiger charge is -1.96. The first-order valence-electron chi connectivity index (χ1n) is 3.63. The van der Waals surface area contributed by atoms with Crippen molar-refractivity contribution >= 4 is 17.7 Å². The molecule has 0 rings (SSSR count). The van der Waals surface area contributed by atoms with Gasteiger partial charge in [-0.1, -0.05) is 19.4 Å². The van der Waals surface area contributed by atoms with Crippen LogP contribution in [0.15, 0.2) is 12.2 Å². The van der Waals surface area contributed by atoms with E-state index in [9.17, 15) is 4.79 Å². The van der Waals surface area contributed by atoms with E-state index in [-0.39, 0.29) is 5.97 Å². The molecule has 0 aliphatic rings. The van der Waals surface area contributed by atoms with Crippen molar-refractivity contribution in [2.75, 3.05) is 12.2 Å². The number of rotatable bonds is 5. The predicted octanol–water partition coefficient (Wildman–Crippen LogP) is 2.21. The van der Waals surface area contributed by atoms with E-state index in [0.29, 0.717) is 5.94 Å². The zero-order chi connectivity index (χ0) is 8.53. The van der Waals surface area contributed by atoms with Crippen LogP contribution in [0.2, 0.25) is 0 Å². The van der Waals surface area contributed by atoms with Crippen LogP contribution < -0.4 is 0 Å². The number of allylic oxidation sites excluding steroid dienone is 1. The molecule has 0 fully saturated rings. The third-order valence-electron chi connectivity index (χ3n) is 1.03. The van der Waals surface area contributed by atoms with Crippen LogP contribution in [0.3, 0.4) is 0 Å². The molecule has 11 heavy (non-hydrogen) atoms. The molecule has 64 valence electrons. The highest BCUT2D eigenvalue weighted by molar-refractivity contribution is 7.98. The lowest BCUT2D eigenvalue weighted by atomic mass is 10.3. The van der Waals surface area contributed by atoms with Gasteiger partial charge in [0.05, 0.1) is 0 Å². The van der Waals surface area contributed by atoms with Crippen LogP contribution in [0.5, 0.6) is 0 Å². The Hall–Kier alpha value is -0.440. The first kappa shape index (κ1) is 10.6. The van der Waals surface area contributed by atoms with Crippen molar-refractivity contribution in [2.45, 2.75) is 19.8 Å². The molecule has 0 aromatic rings. The fourth-order valence-corrected chi connectivity index (χ4v) is 0.745. The molecule has 0 aromatic carbocycles. The summed E-state index contributed by atoms with van der Waals surface area (Å²) in [6.45, 7) is 2.07. The van der Waals surface area contributed by atoms with Crippen molar-refractivity contribution in [3.63, 3.8) is 0 Å². The highest BCUT2D eigenvalue weighted by Crippen LogP contribution is 1.94. The first-order chi connectivity index (χ1) is 5.31. The van der Waals surface area contributed by atoms with Gasteiger partial charge in [0, 0.05) is 6.08 Å². The van der Waals surface area contributed by atoms with Crippen molar-refractivity contribution in [2.24, 2.45) is 0 Å². The average molecular weight is 174 g/mol. The number of thioether (sulfide) groups is 1. The third-order valence-corrected chi connectivity index (χ3v) is 1.38. The minimum absolute atomic E-state index is 0.243. The number of ether oxygens (including phenoxy) is 1. The zero-order valence-electron chi connectivity index (χ0n) is 7.00. The van der Waals surface area contributed by atoms with Gasteiger partial charge in [0.1, 0.15) is 5.94 Å². The van der Waals surface area contributed by atoms with Crippen LogP contribution in [0, 0.1) is 0 Å². The van der Waals surface area contributed by atoms with Crippen molar-refractivity contribution in [3.05, 3.63) is 12.2 Å². The van der Waals surface area contributed by atoms with Gasteiger partial charge in [-0.2, -0.15) is 0 Å². The summed E-state index contributed by atoms with van der Waals surface area (Å²) < 4.78 is 4.77. The Kier molecular flexibility index (Phi) is 7.36. The van der Waals surface area contributed by atoms with Gasteiger partial charge < -0.3 is 4.74 Å². The summed E-state index contributed by atoms with van der Waals surface area (Å²) in [7, 11) is 0. The average Bonchev–Trinajstić information content (AvgIpc) is 2.01. The molecule has 0 atom stereocenters. The van der Waals surface area contributed by atoms with Crippen LogP contribution in [0.1, 0.15) is 19.8 Å². The highest BCUT2D eigenvalue weighted by Gasteiger charge is 1.92. The molecule has 0 saturated carbocycles. The van der Waals surface area contributed by atoms with Gasteiger partial charge >= 0.3 is 5.97 Å². The SMILES string of the molecule is CCC/C=C/C(=O)OCSC. The Labute approximate surface area is 72.0 Å². The standard InChI is InChI=1S/C8H14O2S/c1-3-4-5-6-8(9)10-7-11-2/h5-6H,3-4,7H2,1-2H3/b6-5+. The summed E-state index contributed by atoms with van der Waals surface area (Å²) in [6.07, 6.45) is 7.21. The quantitative estimate of drug-likeness (QED) is 0.363. The summed E-state index contributed by atoms with van der Waals surface area (Å²) in [5.41, 5.74) is 0. The lowest BCUT2D eigenvalue weighted by molar-refractivity contribution is -0.135. The van der Waals surface area contributed by atoms with E-state index in [1.165, 1.54) is 17.8 Å². The summed E-state index contributed by atoms with van der Waals surface area (Å²) in [4.78, 5) is 10.8. The smallest absolute Gasteiger partial charge is 0.331 e. The Morgan fingerprint density at radius 1 is 1.64 bits per heavy atom. The van der Waals surface area contributed by atoms with Gasteiger partial charge in [0.25, 0.3) is 0 Å². The largest absolute Gasteiger partial charge is 0.451 e. The number of unbranched alkanes of at least 4 members (excludes halogenated alkanes) is 1. The molecule has 0 amide bonds. The molecule has 0 spiro atoms. The van der Waals surface area contributed by atoms with E-state index >= 15 is 0 Å². The van der Waals surface area contributed by atoms with E-state index < -0.39 is 0 Å². The van der Waals surface area contributed by atoms with Crippen molar-refractivity contribution in [3.8, 4) is 0 Å². The molecule has 0 aromatic heterocycles. The topological polar surface area (TPSA) is 26.3 Å². The molecular formula is C8H14O2S. The number of carbonyl (C=O) groups is 1. The maximum absolute atomic E-state index is 10.8. The molecule has 2 nitrogen and oxygen atoms in total. The van der Waals surface area contributed by atoms with Crippen LogP contribution in [0.25, 0.3) is 0 Å². The molecule has 0 unspecified atom stereocenters. The molecule has 0 saturated heterocycles. The van der Waals surface area contributed by atoms with Crippen molar-refractivity contribution < 1.29 is 9.53 Å². The fourth-order valence-electron chi connectivity index (χ4n) is 0.511. The maximum atomic E-state index is 10.8. The molecule has 3 heteroatoms. The van der Waals surface area contributed by atoms with E-state index in [2.05, 4.69) is 6.92 Å². The van der Waals surface area contributed by atoms with Gasteiger partial charge in [-0.05, 0) is 12.7 Å². The number of hydrogen-bond acceptors (Lipinski definition) is 3. The van der Waals surface area contributed by atoms with Gasteiger partial charge in [-0.25, -0.2) is 4.79 Å². The summed E-state index contributed by atoms with van der Waals surface area (Å²) in [5, 5.41) is 0. The zero-order valence-corrected chi connectivity index (χ0v) is 7.82. The van der Waals surface area contributed by atoms with Gasteiger partial charge in [0.2, 0.25) is 0 Å². The second kappa shape index (κ2) is 7.66. The molecule has 0 radical (unpaired) electrons. The Morgan fingerprint density at radius 2 is 2.36 bits per heavy atom. The monoisotopic (exact) mass is 174 g/mol. The molecule has 0 N–H and O–H groups in total. The predicted molar refractivity (Wildman–Crippen MR) is 48.5 cm³/mol. The van der Waals surface area contributed by atoms with E-state index in [4.69, 9.17) is 4.74 Å². The highest BCUT2D eigenvalue weighted by atomic mass is 32.2. The molecule has 0 aliphatic carbocycles. The summed E-state index contributed by atoms with van der Waals surface area (Å²) in [6, 6.07) is 0. The van der Waals surface area contributed by atoms with Crippen LogP contribution in [0.4, 0.5) is 0 Å². The van der Waals surface area contributed by atoms with Crippen LogP contribution in [-0.2, 0) is 9.53 Å². The summed E-state index contributed by atoms with van der Waals surface area (Å²) >= 11 is 1.49. The van der Waals surface area contributed by atoms with Crippen molar-refractivity contribution in [1.29, 1.82) is 0 Å². The maximum Gasteiger partial charge on any atom is 0.331 e. The first-order valence-corrected chi connectivity index (χ1v) is 5.03. The number of hydrogen-bond donors (Lipinski definition) is 0. The van der Waals surface area contributed by atoms with E-state index in [0.717, 1.165) is 12.8 Å². The number of carbonyl (C=O) groups excluding carboxylic acids is 1. The fraction of sp³-hybridized carbons (Fsp3) is 0.625. The van der Waals surface area contributed by atoms with Crippen molar-refractivity contribution in [1.82, 2.24) is 0 Å². The normalized spacial score (nSPS) is 10.4. The Morgan fingerprint density at radius 3 is 2.91 bits per heavy atom. The molecule has 0 heterocycles. The molecular weight excluding hydrogens is 160 g/mol. The van der Waals surface area contributed by atoms with Crippen LogP contribution in [-0.4, -0.2) is 18.2 Å². The molecule has 0 aliphatic heterocycles. The lowest BCUT2D eigenvalue weighted by Crippen LogP contribution is -1.98. The van der Waals surface area contributed by atoms with Gasteiger partial charge in [-0.3, -0.25) is 0 Å². The van der Waals surface area contributed by atoms with E-state index in [1.54, 1.807) is 0 Å². The van der Waals surface area contributed by atoms with Crippen LogP contribution >= 0.6 is 11.8 Å². The Balaban J connectivity index is 3.35. The van der Waals surface area contributed by atoms with Gasteiger partial charge in [-0.15, -0.1) is 11.8 Å².